The van der Waals surface area contributed by atoms with Crippen molar-refractivity contribution < 1.29 is 9.18 Å². The van der Waals surface area contributed by atoms with E-state index in [9.17, 15) is 9.18 Å². The number of amides is 1. The van der Waals surface area contributed by atoms with E-state index >= 15 is 0 Å². The Labute approximate surface area is 110 Å². The number of thiophene rings is 1. The van der Waals surface area contributed by atoms with Crippen LogP contribution in [-0.2, 0) is 6.54 Å². The number of nitrogens with zero attached hydrogens (tertiary/aromatic N) is 1. The number of rotatable bonds is 3. The van der Waals surface area contributed by atoms with Crippen LogP contribution in [0.4, 0.5) is 4.39 Å². The fourth-order valence-electron chi connectivity index (χ4n) is 1.26. The number of aromatic nitrogens is 1. The number of carbonyl (C=O) groups is 1. The van der Waals surface area contributed by atoms with Crippen molar-refractivity contribution >= 4 is 33.2 Å². The Bertz CT molecular complexity index is 544. The van der Waals surface area contributed by atoms with E-state index < -0.39 is 11.9 Å². The largest absolute Gasteiger partial charge is 0.347 e. The quantitative estimate of drug-likeness (QED) is 0.885. The molecule has 0 aromatic carbocycles. The summed E-state index contributed by atoms with van der Waals surface area (Å²) in [6.07, 6.45) is 1.31. The smallest absolute Gasteiger partial charge is 0.256 e. The molecule has 6 heteroatoms. The van der Waals surface area contributed by atoms with Crippen LogP contribution in [0.3, 0.4) is 0 Å². The Morgan fingerprint density at radius 1 is 1.47 bits per heavy atom. The summed E-state index contributed by atoms with van der Waals surface area (Å²) < 4.78 is 14.2. The molecule has 0 aliphatic carbocycles. The molecule has 1 N–H and O–H groups in total. The maximum atomic E-state index is 13.2. The van der Waals surface area contributed by atoms with Crippen molar-refractivity contribution in [2.45, 2.75) is 6.54 Å². The van der Waals surface area contributed by atoms with Gasteiger partial charge in [0.1, 0.15) is 0 Å². The standard InChI is InChI=1S/C11H8BrFN2OS/c12-9-4-3-7(17-9)6-15-11(16)8-2-1-5-14-10(8)13/h1-5H,6H2,(H,15,16). The minimum atomic E-state index is -0.752. The maximum Gasteiger partial charge on any atom is 0.256 e. The fourth-order valence-corrected chi connectivity index (χ4v) is 2.69. The van der Waals surface area contributed by atoms with Crippen LogP contribution in [0, 0.1) is 5.95 Å². The van der Waals surface area contributed by atoms with E-state index in [0.29, 0.717) is 6.54 Å². The van der Waals surface area contributed by atoms with Gasteiger partial charge in [0.25, 0.3) is 5.91 Å². The third kappa shape index (κ3) is 3.10. The Hall–Kier alpha value is -1.27. The first kappa shape index (κ1) is 12.2. The molecule has 0 saturated heterocycles. The van der Waals surface area contributed by atoms with Crippen LogP contribution in [0.15, 0.2) is 34.2 Å². The maximum absolute atomic E-state index is 13.2. The van der Waals surface area contributed by atoms with Crippen molar-refractivity contribution in [2.24, 2.45) is 0 Å². The van der Waals surface area contributed by atoms with Gasteiger partial charge >= 0.3 is 0 Å². The Morgan fingerprint density at radius 2 is 2.29 bits per heavy atom. The van der Waals surface area contributed by atoms with Crippen molar-refractivity contribution in [3.8, 4) is 0 Å². The number of pyridine rings is 1. The zero-order valence-electron chi connectivity index (χ0n) is 8.61. The van der Waals surface area contributed by atoms with Crippen molar-refractivity contribution in [3.05, 3.63) is 50.6 Å². The van der Waals surface area contributed by atoms with Crippen LogP contribution in [0.1, 0.15) is 15.2 Å². The van der Waals surface area contributed by atoms with Gasteiger partial charge in [-0.05, 0) is 40.2 Å². The average Bonchev–Trinajstić information content (AvgIpc) is 2.73. The summed E-state index contributed by atoms with van der Waals surface area (Å²) in [6, 6.07) is 6.73. The van der Waals surface area contributed by atoms with Gasteiger partial charge in [-0.1, -0.05) is 0 Å². The Morgan fingerprint density at radius 3 is 2.94 bits per heavy atom. The van der Waals surface area contributed by atoms with E-state index in [1.165, 1.54) is 29.7 Å². The fraction of sp³-hybridized carbons (Fsp3) is 0.0909. The average molecular weight is 315 g/mol. The summed E-state index contributed by atoms with van der Waals surface area (Å²) >= 11 is 4.85. The molecule has 0 unspecified atom stereocenters. The molecule has 88 valence electrons. The van der Waals surface area contributed by atoms with Crippen LogP contribution in [-0.4, -0.2) is 10.9 Å². The number of hydrogen-bond acceptors (Lipinski definition) is 3. The van der Waals surface area contributed by atoms with Crippen LogP contribution >= 0.6 is 27.3 Å². The first-order chi connectivity index (χ1) is 8.16. The van der Waals surface area contributed by atoms with Crippen molar-refractivity contribution in [2.75, 3.05) is 0 Å². The van der Waals surface area contributed by atoms with Crippen LogP contribution < -0.4 is 5.32 Å². The summed E-state index contributed by atoms with van der Waals surface area (Å²) in [5, 5.41) is 2.64. The molecule has 0 radical (unpaired) electrons. The Kier molecular flexibility index (Phi) is 3.86. The highest BCUT2D eigenvalue weighted by Gasteiger charge is 2.11. The summed E-state index contributed by atoms with van der Waals surface area (Å²) in [5.41, 5.74) is -0.0388. The highest BCUT2D eigenvalue weighted by Crippen LogP contribution is 2.21. The van der Waals surface area contributed by atoms with Gasteiger partial charge in [0.2, 0.25) is 5.95 Å². The topological polar surface area (TPSA) is 42.0 Å². The van der Waals surface area contributed by atoms with Crippen molar-refractivity contribution in [1.82, 2.24) is 10.3 Å². The summed E-state index contributed by atoms with van der Waals surface area (Å²) in [5.74, 6) is -1.21. The van der Waals surface area contributed by atoms with Gasteiger partial charge in [0.05, 0.1) is 15.9 Å². The second-order valence-electron chi connectivity index (χ2n) is 3.23. The highest BCUT2D eigenvalue weighted by molar-refractivity contribution is 9.11. The molecule has 0 bridgehead atoms. The third-order valence-corrected chi connectivity index (χ3v) is 3.68. The van der Waals surface area contributed by atoms with E-state index in [4.69, 9.17) is 0 Å². The van der Waals surface area contributed by atoms with E-state index in [1.54, 1.807) is 0 Å². The third-order valence-electron chi connectivity index (χ3n) is 2.06. The molecule has 2 aromatic rings. The molecule has 0 atom stereocenters. The van der Waals surface area contributed by atoms with Crippen molar-refractivity contribution in [1.29, 1.82) is 0 Å². The monoisotopic (exact) mass is 314 g/mol. The minimum Gasteiger partial charge on any atom is -0.347 e. The number of nitrogens with one attached hydrogen (secondary N) is 1. The lowest BCUT2D eigenvalue weighted by Gasteiger charge is -2.03. The summed E-state index contributed by atoms with van der Waals surface area (Å²) in [4.78, 5) is 16.1. The number of halogens is 2. The lowest BCUT2D eigenvalue weighted by atomic mass is 10.2. The summed E-state index contributed by atoms with van der Waals surface area (Å²) in [7, 11) is 0. The molecule has 2 rings (SSSR count). The molecule has 1 amide bonds. The molecule has 0 spiro atoms. The first-order valence-corrected chi connectivity index (χ1v) is 6.40. The SMILES string of the molecule is O=C(NCc1ccc(Br)s1)c1cccnc1F. The molecule has 0 aliphatic heterocycles. The van der Waals surface area contributed by atoms with E-state index in [-0.39, 0.29) is 5.56 Å². The number of carbonyl (C=O) groups excluding carboxylic acids is 1. The lowest BCUT2D eigenvalue weighted by Crippen LogP contribution is -2.23. The lowest BCUT2D eigenvalue weighted by molar-refractivity contribution is 0.0946. The molecule has 2 aromatic heterocycles. The molecule has 0 aliphatic rings. The predicted molar refractivity (Wildman–Crippen MR) is 67.4 cm³/mol. The van der Waals surface area contributed by atoms with Crippen LogP contribution in [0.2, 0.25) is 0 Å². The van der Waals surface area contributed by atoms with Gasteiger partial charge in [-0.25, -0.2) is 4.98 Å². The van der Waals surface area contributed by atoms with Gasteiger partial charge in [-0.15, -0.1) is 11.3 Å². The molecule has 17 heavy (non-hydrogen) atoms. The molecular weight excluding hydrogens is 307 g/mol. The second kappa shape index (κ2) is 5.37. The van der Waals surface area contributed by atoms with Gasteiger partial charge < -0.3 is 5.32 Å². The van der Waals surface area contributed by atoms with Crippen LogP contribution in [0.5, 0.6) is 0 Å². The molecule has 0 fully saturated rings. The number of hydrogen-bond donors (Lipinski definition) is 1. The molecule has 2 heterocycles. The van der Waals surface area contributed by atoms with Gasteiger partial charge in [-0.2, -0.15) is 4.39 Å². The molecular formula is C11H8BrFN2OS. The summed E-state index contributed by atoms with van der Waals surface area (Å²) in [6.45, 7) is 0.378. The van der Waals surface area contributed by atoms with Crippen LogP contribution in [0.25, 0.3) is 0 Å². The zero-order valence-corrected chi connectivity index (χ0v) is 11.0. The van der Waals surface area contributed by atoms with E-state index in [2.05, 4.69) is 26.2 Å². The van der Waals surface area contributed by atoms with E-state index in [0.717, 1.165) is 8.66 Å². The van der Waals surface area contributed by atoms with Gasteiger partial charge in [0.15, 0.2) is 0 Å². The van der Waals surface area contributed by atoms with Crippen molar-refractivity contribution in [3.63, 3.8) is 0 Å². The highest BCUT2D eigenvalue weighted by atomic mass is 79.9. The Balaban J connectivity index is 2.01. The zero-order chi connectivity index (χ0) is 12.3. The molecule has 0 saturated carbocycles. The van der Waals surface area contributed by atoms with Gasteiger partial charge in [-0.3, -0.25) is 4.79 Å². The normalized spacial score (nSPS) is 10.2. The minimum absolute atomic E-state index is 0.0388. The first-order valence-electron chi connectivity index (χ1n) is 4.80. The second-order valence-corrected chi connectivity index (χ2v) is 5.78. The van der Waals surface area contributed by atoms with Gasteiger partial charge in [0, 0.05) is 11.1 Å². The van der Waals surface area contributed by atoms with E-state index in [1.807, 2.05) is 12.1 Å². The molecule has 3 nitrogen and oxygen atoms in total. The predicted octanol–water partition coefficient (Wildman–Crippen LogP) is 2.97.